The van der Waals surface area contributed by atoms with Crippen LogP contribution in [-0.4, -0.2) is 16.0 Å². The number of oxazole rings is 1. The van der Waals surface area contributed by atoms with Crippen molar-refractivity contribution >= 4 is 35.1 Å². The number of aryl methyl sites for hydroxylation is 1. The highest BCUT2D eigenvalue weighted by Gasteiger charge is 2.35. The summed E-state index contributed by atoms with van der Waals surface area (Å²) in [7, 11) is 1.63. The molecule has 0 unspecified atom stereocenters. The van der Waals surface area contributed by atoms with Gasteiger partial charge in [0.2, 0.25) is 5.91 Å². The van der Waals surface area contributed by atoms with E-state index in [0.29, 0.717) is 29.6 Å². The molecule has 1 fully saturated rings. The number of halogens is 1. The molecule has 2 aromatic rings. The van der Waals surface area contributed by atoms with E-state index in [0.717, 1.165) is 19.3 Å². The van der Waals surface area contributed by atoms with Gasteiger partial charge in [-0.15, -0.1) is 12.4 Å². The van der Waals surface area contributed by atoms with Gasteiger partial charge in [-0.05, 0) is 31.0 Å². The normalized spacial score (nSPS) is 17.0. The van der Waals surface area contributed by atoms with Crippen LogP contribution in [0.4, 0.5) is 5.69 Å². The third kappa shape index (κ3) is 2.89. The molecule has 1 aliphatic rings. The van der Waals surface area contributed by atoms with E-state index in [1.165, 1.54) is 4.57 Å². The Morgan fingerprint density at radius 1 is 1.32 bits per heavy atom. The summed E-state index contributed by atoms with van der Waals surface area (Å²) in [6, 6.07) is 5.12. The molecule has 1 saturated carbocycles. The molecule has 1 aromatic heterocycles. The standard InChI is InChI=1S/C15H19N3O3.ClH/c1-18-11-9-10(5-6-12(11)21-14(18)20)17-13(19)15(16)7-3-2-4-8-15;/h5-6,9H,2-4,7-8,16H2,1H3,(H,17,19);1H. The van der Waals surface area contributed by atoms with E-state index >= 15 is 0 Å². The molecule has 22 heavy (non-hydrogen) atoms. The zero-order valence-corrected chi connectivity index (χ0v) is 13.2. The number of aromatic nitrogens is 1. The van der Waals surface area contributed by atoms with Crippen LogP contribution in [0.15, 0.2) is 27.4 Å². The Morgan fingerprint density at radius 2 is 2.00 bits per heavy atom. The first-order valence-corrected chi connectivity index (χ1v) is 7.19. The van der Waals surface area contributed by atoms with Crippen molar-refractivity contribution in [3.63, 3.8) is 0 Å². The van der Waals surface area contributed by atoms with Crippen molar-refractivity contribution in [3.05, 3.63) is 28.7 Å². The SMILES string of the molecule is Cl.Cn1c(=O)oc2ccc(NC(=O)C3(N)CCCCC3)cc21. The van der Waals surface area contributed by atoms with Crippen LogP contribution in [0.2, 0.25) is 0 Å². The van der Waals surface area contributed by atoms with Gasteiger partial charge in [0.1, 0.15) is 0 Å². The Labute approximate surface area is 134 Å². The van der Waals surface area contributed by atoms with Gasteiger partial charge in [-0.25, -0.2) is 4.79 Å². The van der Waals surface area contributed by atoms with Crippen molar-refractivity contribution in [1.82, 2.24) is 4.57 Å². The summed E-state index contributed by atoms with van der Waals surface area (Å²) in [4.78, 5) is 23.8. The monoisotopic (exact) mass is 325 g/mol. The number of anilines is 1. The van der Waals surface area contributed by atoms with Gasteiger partial charge in [-0.1, -0.05) is 19.3 Å². The number of fused-ring (bicyclic) bond motifs is 1. The quantitative estimate of drug-likeness (QED) is 0.885. The minimum Gasteiger partial charge on any atom is -0.408 e. The minimum atomic E-state index is -0.782. The molecule has 0 aliphatic heterocycles. The Balaban J connectivity index is 0.00000176. The average Bonchev–Trinajstić information content (AvgIpc) is 2.75. The fourth-order valence-electron chi connectivity index (χ4n) is 2.87. The van der Waals surface area contributed by atoms with E-state index in [1.807, 2.05) is 0 Å². The van der Waals surface area contributed by atoms with Crippen molar-refractivity contribution in [3.8, 4) is 0 Å². The molecule has 7 heteroatoms. The maximum atomic E-state index is 12.4. The van der Waals surface area contributed by atoms with Gasteiger partial charge >= 0.3 is 5.76 Å². The van der Waals surface area contributed by atoms with Crippen molar-refractivity contribution in [2.24, 2.45) is 12.8 Å². The molecule has 0 spiro atoms. The summed E-state index contributed by atoms with van der Waals surface area (Å²) < 4.78 is 6.47. The molecule has 6 nitrogen and oxygen atoms in total. The average molecular weight is 326 g/mol. The number of nitrogens with zero attached hydrogens (tertiary/aromatic N) is 1. The molecule has 0 atom stereocenters. The largest absolute Gasteiger partial charge is 0.419 e. The summed E-state index contributed by atoms with van der Waals surface area (Å²) in [6.45, 7) is 0. The molecule has 0 radical (unpaired) electrons. The maximum absolute atomic E-state index is 12.4. The molecule has 1 heterocycles. The smallest absolute Gasteiger partial charge is 0.408 e. The van der Waals surface area contributed by atoms with Gasteiger partial charge < -0.3 is 15.5 Å². The second-order valence-electron chi connectivity index (χ2n) is 5.78. The molecule has 1 aliphatic carbocycles. The summed E-state index contributed by atoms with van der Waals surface area (Å²) in [5.41, 5.74) is 7.20. The lowest BCUT2D eigenvalue weighted by Crippen LogP contribution is -2.52. The van der Waals surface area contributed by atoms with E-state index in [2.05, 4.69) is 5.32 Å². The van der Waals surface area contributed by atoms with Crippen LogP contribution in [0, 0.1) is 0 Å². The van der Waals surface area contributed by atoms with Gasteiger partial charge in [0.05, 0.1) is 11.1 Å². The van der Waals surface area contributed by atoms with Crippen molar-refractivity contribution in [2.45, 2.75) is 37.6 Å². The summed E-state index contributed by atoms with van der Waals surface area (Å²) in [5, 5.41) is 2.86. The number of amides is 1. The fourth-order valence-corrected chi connectivity index (χ4v) is 2.87. The molecule has 0 saturated heterocycles. The zero-order chi connectivity index (χ0) is 15.0. The Hall–Kier alpha value is -1.79. The van der Waals surface area contributed by atoms with Crippen molar-refractivity contribution < 1.29 is 9.21 Å². The summed E-state index contributed by atoms with van der Waals surface area (Å²) >= 11 is 0. The predicted molar refractivity (Wildman–Crippen MR) is 87.3 cm³/mol. The third-order valence-electron chi connectivity index (χ3n) is 4.25. The van der Waals surface area contributed by atoms with E-state index in [9.17, 15) is 9.59 Å². The summed E-state index contributed by atoms with van der Waals surface area (Å²) in [6.07, 6.45) is 4.53. The number of carbonyl (C=O) groups is 1. The van der Waals surface area contributed by atoms with Crippen LogP contribution in [-0.2, 0) is 11.8 Å². The van der Waals surface area contributed by atoms with E-state index in [1.54, 1.807) is 25.2 Å². The molecule has 1 aromatic carbocycles. The number of hydrogen-bond donors (Lipinski definition) is 2. The summed E-state index contributed by atoms with van der Waals surface area (Å²) in [5.74, 6) is -0.578. The van der Waals surface area contributed by atoms with Crippen molar-refractivity contribution in [2.75, 3.05) is 5.32 Å². The highest BCUT2D eigenvalue weighted by molar-refractivity contribution is 5.99. The van der Waals surface area contributed by atoms with Crippen LogP contribution >= 0.6 is 12.4 Å². The van der Waals surface area contributed by atoms with Crippen LogP contribution in [0.25, 0.3) is 11.1 Å². The predicted octanol–water partition coefficient (Wildman–Crippen LogP) is 2.15. The molecular formula is C15H20ClN3O3. The first-order valence-electron chi connectivity index (χ1n) is 7.19. The van der Waals surface area contributed by atoms with E-state index < -0.39 is 11.3 Å². The molecule has 3 N–H and O–H groups in total. The Morgan fingerprint density at radius 3 is 2.68 bits per heavy atom. The first-order chi connectivity index (χ1) is 9.99. The molecular weight excluding hydrogens is 306 g/mol. The third-order valence-corrected chi connectivity index (χ3v) is 4.25. The number of carbonyl (C=O) groups excluding carboxylic acids is 1. The van der Waals surface area contributed by atoms with Crippen molar-refractivity contribution in [1.29, 1.82) is 0 Å². The molecule has 3 rings (SSSR count). The van der Waals surface area contributed by atoms with Gasteiger partial charge in [0, 0.05) is 12.7 Å². The second kappa shape index (κ2) is 6.14. The fraction of sp³-hybridized carbons (Fsp3) is 0.467. The van der Waals surface area contributed by atoms with Gasteiger partial charge in [0.25, 0.3) is 0 Å². The first kappa shape index (κ1) is 16.6. The van der Waals surface area contributed by atoms with Crippen LogP contribution in [0.5, 0.6) is 0 Å². The van der Waals surface area contributed by atoms with E-state index in [4.69, 9.17) is 10.2 Å². The number of hydrogen-bond acceptors (Lipinski definition) is 4. The van der Waals surface area contributed by atoms with Gasteiger partial charge in [-0.2, -0.15) is 0 Å². The van der Waals surface area contributed by atoms with Crippen LogP contribution in [0.3, 0.4) is 0 Å². The van der Waals surface area contributed by atoms with Gasteiger partial charge in [-0.3, -0.25) is 9.36 Å². The highest BCUT2D eigenvalue weighted by atomic mass is 35.5. The topological polar surface area (TPSA) is 90.3 Å². The Bertz CT molecular complexity index is 744. The molecule has 120 valence electrons. The number of nitrogens with one attached hydrogen (secondary N) is 1. The van der Waals surface area contributed by atoms with Gasteiger partial charge in [0.15, 0.2) is 5.58 Å². The highest BCUT2D eigenvalue weighted by Crippen LogP contribution is 2.27. The molecule has 0 bridgehead atoms. The van der Waals surface area contributed by atoms with Crippen LogP contribution in [0.1, 0.15) is 32.1 Å². The van der Waals surface area contributed by atoms with Crippen LogP contribution < -0.4 is 16.8 Å². The zero-order valence-electron chi connectivity index (χ0n) is 12.4. The maximum Gasteiger partial charge on any atom is 0.419 e. The second-order valence-corrected chi connectivity index (χ2v) is 5.78. The number of nitrogens with two attached hydrogens (primary N) is 1. The lowest BCUT2D eigenvalue weighted by Gasteiger charge is -2.31. The molecule has 1 amide bonds. The lowest BCUT2D eigenvalue weighted by molar-refractivity contribution is -0.122. The Kier molecular flexibility index (Phi) is 4.63. The number of benzene rings is 1. The minimum absolute atomic E-state index is 0. The lowest BCUT2D eigenvalue weighted by atomic mass is 9.82. The number of rotatable bonds is 2. The van der Waals surface area contributed by atoms with E-state index in [-0.39, 0.29) is 18.3 Å².